The van der Waals surface area contributed by atoms with Gasteiger partial charge in [0.15, 0.2) is 6.61 Å². The molecule has 176 valence electrons. The smallest absolute Gasteiger partial charge is 0.329 e. The van der Waals surface area contributed by atoms with E-state index < -0.39 is 36.5 Å². The van der Waals surface area contributed by atoms with Gasteiger partial charge in [-0.1, -0.05) is 59.6 Å². The molecule has 1 aliphatic carbocycles. The van der Waals surface area contributed by atoms with Crippen LogP contribution in [0, 0.1) is 5.92 Å². The van der Waals surface area contributed by atoms with Gasteiger partial charge >= 0.3 is 12.0 Å². The van der Waals surface area contributed by atoms with E-state index in [1.54, 1.807) is 26.0 Å². The molecule has 0 aromatic heterocycles. The summed E-state index contributed by atoms with van der Waals surface area (Å²) >= 11 is 0. The lowest BCUT2D eigenvalue weighted by molar-refractivity contribution is -0.151. The van der Waals surface area contributed by atoms with E-state index >= 15 is 0 Å². The molecule has 4 amide bonds. The molecule has 0 aliphatic heterocycles. The van der Waals surface area contributed by atoms with Crippen molar-refractivity contribution in [2.75, 3.05) is 6.61 Å². The number of ether oxygens (including phenoxy) is 1. The van der Waals surface area contributed by atoms with Gasteiger partial charge in [-0.25, -0.2) is 9.59 Å². The van der Waals surface area contributed by atoms with E-state index in [1.165, 1.54) is 0 Å². The Bertz CT molecular complexity index is 821. The Morgan fingerprint density at radius 3 is 2.16 bits per heavy atom. The number of hydrogen-bond acceptors (Lipinski definition) is 5. The number of nitrogens with one attached hydrogen (secondary N) is 3. The molecule has 0 bridgehead atoms. The highest BCUT2D eigenvalue weighted by molar-refractivity contribution is 5.98. The highest BCUT2D eigenvalue weighted by atomic mass is 16.5. The van der Waals surface area contributed by atoms with Gasteiger partial charge in [0.2, 0.25) is 0 Å². The summed E-state index contributed by atoms with van der Waals surface area (Å²) in [4.78, 5) is 48.9. The zero-order valence-electron chi connectivity index (χ0n) is 19.6. The lowest BCUT2D eigenvalue weighted by Gasteiger charge is -2.22. The van der Waals surface area contributed by atoms with Crippen LogP contribution < -0.4 is 16.0 Å². The zero-order valence-corrected chi connectivity index (χ0v) is 19.6. The fourth-order valence-corrected chi connectivity index (χ4v) is 3.52. The standard InChI is InChI=1S/C24H35N3O5/c1-15(2)20(27-21(29)16-10-12-17(13-11-16)24(3,4)5)22(30)32-14-19(28)26-23(31)25-18-8-6-7-9-18/h10-13,15,18,20H,6-9,14H2,1-5H3,(H,27,29)(H2,25,26,28,31)/t20-/m1/s1. The Morgan fingerprint density at radius 1 is 1.03 bits per heavy atom. The topological polar surface area (TPSA) is 114 Å². The normalized spacial score (nSPS) is 15.2. The number of carbonyl (C=O) groups is 4. The van der Waals surface area contributed by atoms with E-state index in [0.29, 0.717) is 5.56 Å². The molecule has 0 unspecified atom stereocenters. The van der Waals surface area contributed by atoms with E-state index in [2.05, 4.69) is 36.7 Å². The summed E-state index contributed by atoms with van der Waals surface area (Å²) in [5.41, 5.74) is 1.49. The summed E-state index contributed by atoms with van der Waals surface area (Å²) in [5, 5.41) is 7.57. The third-order valence-electron chi connectivity index (χ3n) is 5.51. The van der Waals surface area contributed by atoms with Crippen molar-refractivity contribution < 1.29 is 23.9 Å². The fraction of sp³-hybridized carbons (Fsp3) is 0.583. The SMILES string of the molecule is CC(C)[C@@H](NC(=O)c1ccc(C(C)(C)C)cc1)C(=O)OCC(=O)NC(=O)NC1CCCC1. The van der Waals surface area contributed by atoms with Crippen molar-refractivity contribution in [3.63, 3.8) is 0 Å². The molecular weight excluding hydrogens is 410 g/mol. The van der Waals surface area contributed by atoms with Crippen molar-refractivity contribution in [3.05, 3.63) is 35.4 Å². The van der Waals surface area contributed by atoms with Gasteiger partial charge in [0, 0.05) is 11.6 Å². The van der Waals surface area contributed by atoms with Gasteiger partial charge in [0.25, 0.3) is 11.8 Å². The first-order valence-electron chi connectivity index (χ1n) is 11.2. The maximum Gasteiger partial charge on any atom is 0.329 e. The van der Waals surface area contributed by atoms with Crippen molar-refractivity contribution in [2.45, 2.75) is 77.8 Å². The number of rotatable bonds is 7. The van der Waals surface area contributed by atoms with Gasteiger partial charge in [-0.2, -0.15) is 0 Å². The van der Waals surface area contributed by atoms with Crippen LogP contribution in [0.25, 0.3) is 0 Å². The monoisotopic (exact) mass is 445 g/mol. The highest BCUT2D eigenvalue weighted by Gasteiger charge is 2.27. The second-order valence-corrected chi connectivity index (χ2v) is 9.63. The summed E-state index contributed by atoms with van der Waals surface area (Å²) in [6.45, 7) is 9.19. The second kappa shape index (κ2) is 11.1. The molecule has 0 spiro atoms. The largest absolute Gasteiger partial charge is 0.454 e. The Balaban J connectivity index is 1.86. The first kappa shape index (κ1) is 25.4. The van der Waals surface area contributed by atoms with Crippen LogP contribution in [0.4, 0.5) is 4.79 Å². The lowest BCUT2D eigenvalue weighted by Crippen LogP contribution is -2.47. The van der Waals surface area contributed by atoms with Crippen molar-refractivity contribution >= 4 is 23.8 Å². The second-order valence-electron chi connectivity index (χ2n) is 9.63. The Kier molecular flexibility index (Phi) is 8.80. The molecule has 3 N–H and O–H groups in total. The number of benzene rings is 1. The van der Waals surface area contributed by atoms with E-state index in [9.17, 15) is 19.2 Å². The van der Waals surface area contributed by atoms with Crippen LogP contribution in [-0.4, -0.2) is 42.5 Å². The van der Waals surface area contributed by atoms with Crippen molar-refractivity contribution in [1.29, 1.82) is 0 Å². The molecule has 1 aromatic rings. The average Bonchev–Trinajstić information content (AvgIpc) is 3.22. The van der Waals surface area contributed by atoms with E-state index in [1.807, 2.05) is 12.1 Å². The van der Waals surface area contributed by atoms with Gasteiger partial charge in [-0.05, 0) is 41.9 Å². The van der Waals surface area contributed by atoms with Crippen LogP contribution >= 0.6 is 0 Å². The third-order valence-corrected chi connectivity index (χ3v) is 5.51. The third kappa shape index (κ3) is 7.66. The van der Waals surface area contributed by atoms with Crippen molar-refractivity contribution in [1.82, 2.24) is 16.0 Å². The average molecular weight is 446 g/mol. The summed E-state index contributed by atoms with van der Waals surface area (Å²) in [7, 11) is 0. The first-order valence-corrected chi connectivity index (χ1v) is 11.2. The molecule has 8 nitrogen and oxygen atoms in total. The maximum atomic E-state index is 12.6. The molecule has 1 aromatic carbocycles. The summed E-state index contributed by atoms with van der Waals surface area (Å²) < 4.78 is 5.05. The molecule has 32 heavy (non-hydrogen) atoms. The van der Waals surface area contributed by atoms with E-state index in [-0.39, 0.29) is 17.4 Å². The lowest BCUT2D eigenvalue weighted by atomic mass is 9.86. The molecule has 0 saturated heterocycles. The first-order chi connectivity index (χ1) is 15.0. The predicted molar refractivity (Wildman–Crippen MR) is 121 cm³/mol. The van der Waals surface area contributed by atoms with Crippen LogP contribution in [0.15, 0.2) is 24.3 Å². The highest BCUT2D eigenvalue weighted by Crippen LogP contribution is 2.22. The Hall–Kier alpha value is -2.90. The number of amides is 4. The molecular formula is C24H35N3O5. The number of carbonyl (C=O) groups excluding carboxylic acids is 4. The number of esters is 1. The Labute approximate surface area is 189 Å². The minimum Gasteiger partial charge on any atom is -0.454 e. The van der Waals surface area contributed by atoms with Crippen molar-refractivity contribution in [3.8, 4) is 0 Å². The molecule has 2 rings (SSSR count). The molecule has 0 radical (unpaired) electrons. The van der Waals surface area contributed by atoms with Crippen LogP contribution in [0.3, 0.4) is 0 Å². The van der Waals surface area contributed by atoms with Gasteiger partial charge in [-0.3, -0.25) is 14.9 Å². The minimum atomic E-state index is -0.926. The summed E-state index contributed by atoms with van der Waals surface area (Å²) in [6.07, 6.45) is 3.90. The van der Waals surface area contributed by atoms with Crippen LogP contribution in [0.1, 0.15) is 76.2 Å². The predicted octanol–water partition coefficient (Wildman–Crippen LogP) is 3.05. The fourth-order valence-electron chi connectivity index (χ4n) is 3.52. The van der Waals surface area contributed by atoms with Gasteiger partial charge < -0.3 is 15.4 Å². The molecule has 1 aliphatic rings. The van der Waals surface area contributed by atoms with Crippen LogP contribution in [0.2, 0.25) is 0 Å². The minimum absolute atomic E-state index is 0.0339. The molecule has 1 atom stereocenters. The quantitative estimate of drug-likeness (QED) is 0.558. The summed E-state index contributed by atoms with van der Waals surface area (Å²) in [5.74, 6) is -2.11. The van der Waals surface area contributed by atoms with Crippen molar-refractivity contribution in [2.24, 2.45) is 5.92 Å². The van der Waals surface area contributed by atoms with Gasteiger partial charge in [0.1, 0.15) is 6.04 Å². The summed E-state index contributed by atoms with van der Waals surface area (Å²) in [6, 6.07) is 5.76. The Morgan fingerprint density at radius 2 is 1.62 bits per heavy atom. The van der Waals surface area contributed by atoms with Gasteiger partial charge in [-0.15, -0.1) is 0 Å². The van der Waals surface area contributed by atoms with Gasteiger partial charge in [0.05, 0.1) is 0 Å². The van der Waals surface area contributed by atoms with E-state index in [4.69, 9.17) is 4.74 Å². The van der Waals surface area contributed by atoms with Crippen LogP contribution in [-0.2, 0) is 19.7 Å². The maximum absolute atomic E-state index is 12.6. The van der Waals surface area contributed by atoms with Crippen LogP contribution in [0.5, 0.6) is 0 Å². The zero-order chi connectivity index (χ0) is 23.9. The number of urea groups is 1. The molecule has 1 fully saturated rings. The number of imide groups is 1. The molecule has 0 heterocycles. The number of hydrogen-bond donors (Lipinski definition) is 3. The van der Waals surface area contributed by atoms with E-state index in [0.717, 1.165) is 31.2 Å². The molecule has 1 saturated carbocycles. The molecule has 8 heteroatoms.